The van der Waals surface area contributed by atoms with Crippen molar-refractivity contribution in [2.75, 3.05) is 46.7 Å². The largest absolute Gasteiger partial charge is 0.490 e. The normalized spacial score (nSPS) is 23.5. The van der Waals surface area contributed by atoms with Gasteiger partial charge in [-0.2, -0.15) is 0 Å². The van der Waals surface area contributed by atoms with Gasteiger partial charge in [0.15, 0.2) is 0 Å². The molecule has 6 unspecified atom stereocenters. The Balaban J connectivity index is 1.43. The highest BCUT2D eigenvalue weighted by molar-refractivity contribution is 6.02. The first-order chi connectivity index (χ1) is 28.9. The lowest BCUT2D eigenvalue weighted by Gasteiger charge is -2.59. The molecule has 2 aliphatic carbocycles. The molecular weight excluding hydrogens is 749 g/mol. The average Bonchev–Trinajstić information content (AvgIpc) is 3.26. The monoisotopic (exact) mass is 808 g/mol. The predicted molar refractivity (Wildman–Crippen MR) is 227 cm³/mol. The zero-order valence-electron chi connectivity index (χ0n) is 34.3. The van der Waals surface area contributed by atoms with Gasteiger partial charge in [-0.25, -0.2) is 4.79 Å². The topological polar surface area (TPSA) is 129 Å². The van der Waals surface area contributed by atoms with Crippen LogP contribution in [0.4, 0.5) is 4.79 Å². The number of aliphatic hydroxyl groups excluding tert-OH is 2. The van der Waals surface area contributed by atoms with Gasteiger partial charge in [0.05, 0.1) is 31.5 Å². The molecule has 0 radical (unpaired) electrons. The minimum absolute atomic E-state index is 0.0568. The molecule has 1 amide bonds. The molecule has 11 heteroatoms. The molecule has 2 N–H and O–H groups in total. The van der Waals surface area contributed by atoms with Gasteiger partial charge in [0.2, 0.25) is 5.79 Å². The zero-order valence-corrected chi connectivity index (χ0v) is 34.3. The molecule has 316 valence electrons. The molecule has 3 aromatic carbocycles. The molecule has 59 heavy (non-hydrogen) atoms. The maximum absolute atomic E-state index is 14.1. The number of unbranched alkanes of at least 4 members (excludes halogenated alkanes) is 2. The minimum atomic E-state index is -1.39. The molecule has 11 nitrogen and oxygen atoms in total. The van der Waals surface area contributed by atoms with Crippen LogP contribution in [-0.2, 0) is 32.3 Å². The fourth-order valence-electron chi connectivity index (χ4n) is 8.91. The number of hydrogen-bond acceptors (Lipinski definition) is 10. The van der Waals surface area contributed by atoms with Crippen LogP contribution in [0.1, 0.15) is 67.6 Å². The summed E-state index contributed by atoms with van der Waals surface area (Å²) in [4.78, 5) is 21.8. The van der Waals surface area contributed by atoms with Crippen molar-refractivity contribution in [2.45, 2.75) is 75.9 Å². The van der Waals surface area contributed by atoms with Crippen molar-refractivity contribution >= 4 is 11.8 Å². The summed E-state index contributed by atoms with van der Waals surface area (Å²) in [6, 6.07) is 24.9. The van der Waals surface area contributed by atoms with E-state index < -0.39 is 23.8 Å². The molecule has 3 aromatic rings. The highest BCUT2D eigenvalue weighted by atomic mass is 16.7. The van der Waals surface area contributed by atoms with Crippen LogP contribution in [0.25, 0.3) is 0 Å². The number of hydrogen-bond donors (Lipinski definition) is 2. The molecule has 6 rings (SSSR count). The first-order valence-electron chi connectivity index (χ1n) is 20.9. The lowest BCUT2D eigenvalue weighted by atomic mass is 9.55. The van der Waals surface area contributed by atoms with Crippen LogP contribution in [0.2, 0.25) is 0 Å². The van der Waals surface area contributed by atoms with Crippen LogP contribution in [0.5, 0.6) is 11.5 Å². The van der Waals surface area contributed by atoms with Gasteiger partial charge in [-0.1, -0.05) is 103 Å². The standard InChI is InChI=1S/C48H60N2O9/c1-4-26-55-38-22-23-43-41(31-38)45-39(21-13-15-25-52)37(20-12-14-24-51)30-40-42(49-58-34-36-18-10-7-11-19-36)32-44(48(59-43,46(40)45)57-27-5-2)50(3)47(53)56-29-28-54-33-35-16-8-6-9-17-35/h4-11,16-19,22-23,30-31,37,39,44-46,51-52H,1-2,12-15,20-21,24-29,32-34H2,3H3. The van der Waals surface area contributed by atoms with Crippen LogP contribution in [0.15, 0.2) is 121 Å². The van der Waals surface area contributed by atoms with E-state index in [2.05, 4.69) is 25.3 Å². The molecule has 0 saturated heterocycles. The van der Waals surface area contributed by atoms with Gasteiger partial charge in [0, 0.05) is 38.2 Å². The molecule has 6 atom stereocenters. The van der Waals surface area contributed by atoms with E-state index in [4.69, 9.17) is 33.7 Å². The SMILES string of the molecule is C=CCOc1ccc2c(c1)C1C(CCCCO)C(CCCCO)C=C3C(=NOCc4ccccc4)CC(N(C)C(=O)OCCOCc4ccccc4)C(OCC=C)(O2)C31. The number of benzene rings is 3. The quantitative estimate of drug-likeness (QED) is 0.0552. The maximum atomic E-state index is 14.1. The fourth-order valence-corrected chi connectivity index (χ4v) is 8.91. The number of allylic oxidation sites excluding steroid dienone is 1. The number of carbonyl (C=O) groups is 1. The Kier molecular flexibility index (Phi) is 16.2. The van der Waals surface area contributed by atoms with E-state index in [1.807, 2.05) is 72.8 Å². The number of aliphatic hydroxyl groups is 2. The summed E-state index contributed by atoms with van der Waals surface area (Å²) in [5.74, 6) is -0.481. The van der Waals surface area contributed by atoms with E-state index in [9.17, 15) is 15.0 Å². The maximum Gasteiger partial charge on any atom is 0.410 e. The third kappa shape index (κ3) is 10.6. The molecule has 0 aromatic heterocycles. The number of amides is 1. The highest BCUT2D eigenvalue weighted by Gasteiger charge is 2.65. The molecule has 1 fully saturated rings. The van der Waals surface area contributed by atoms with Crippen molar-refractivity contribution in [3.63, 3.8) is 0 Å². The Bertz CT molecular complexity index is 1870. The summed E-state index contributed by atoms with van der Waals surface area (Å²) in [5, 5.41) is 24.6. The van der Waals surface area contributed by atoms with Crippen molar-refractivity contribution in [1.82, 2.24) is 4.90 Å². The Morgan fingerprint density at radius 1 is 0.898 bits per heavy atom. The summed E-state index contributed by atoms with van der Waals surface area (Å²) in [5.41, 5.74) is 4.65. The minimum Gasteiger partial charge on any atom is -0.490 e. The van der Waals surface area contributed by atoms with E-state index in [0.717, 1.165) is 47.9 Å². The molecule has 1 heterocycles. The summed E-state index contributed by atoms with van der Waals surface area (Å²) < 4.78 is 31.9. The number of fused-ring (bicyclic) bond motifs is 2. The van der Waals surface area contributed by atoms with Gasteiger partial charge < -0.3 is 43.6 Å². The van der Waals surface area contributed by atoms with E-state index in [1.165, 1.54) is 0 Å². The molecule has 3 aliphatic rings. The first-order valence-corrected chi connectivity index (χ1v) is 20.9. The van der Waals surface area contributed by atoms with E-state index in [-0.39, 0.29) is 63.8 Å². The first kappa shape index (κ1) is 43.6. The predicted octanol–water partition coefficient (Wildman–Crippen LogP) is 8.37. The van der Waals surface area contributed by atoms with Crippen LogP contribution >= 0.6 is 0 Å². The third-order valence-corrected chi connectivity index (χ3v) is 11.6. The van der Waals surface area contributed by atoms with Crippen LogP contribution < -0.4 is 9.47 Å². The van der Waals surface area contributed by atoms with Crippen molar-refractivity contribution in [3.8, 4) is 11.5 Å². The van der Waals surface area contributed by atoms with Gasteiger partial charge in [-0.15, -0.1) is 6.58 Å². The van der Waals surface area contributed by atoms with Crippen molar-refractivity contribution in [3.05, 3.63) is 133 Å². The second kappa shape index (κ2) is 21.9. The van der Waals surface area contributed by atoms with E-state index >= 15 is 0 Å². The van der Waals surface area contributed by atoms with Crippen LogP contribution in [0.3, 0.4) is 0 Å². The fraction of sp³-hybridized carbons (Fsp3) is 0.458. The number of ether oxygens (including phenoxy) is 5. The molecule has 1 aliphatic heterocycles. The van der Waals surface area contributed by atoms with Crippen molar-refractivity contribution in [2.24, 2.45) is 22.9 Å². The number of nitrogens with zero attached hydrogens (tertiary/aromatic N) is 2. The summed E-state index contributed by atoms with van der Waals surface area (Å²) >= 11 is 0. The Morgan fingerprint density at radius 2 is 1.59 bits per heavy atom. The van der Waals surface area contributed by atoms with E-state index in [1.54, 1.807) is 24.1 Å². The van der Waals surface area contributed by atoms with Gasteiger partial charge in [0.1, 0.15) is 37.4 Å². The second-order valence-electron chi connectivity index (χ2n) is 15.4. The highest BCUT2D eigenvalue weighted by Crippen LogP contribution is 2.61. The number of oxime groups is 1. The molecular formula is C48H60N2O9. The zero-order chi connectivity index (χ0) is 41.5. The average molecular weight is 809 g/mol. The Labute approximate surface area is 348 Å². The van der Waals surface area contributed by atoms with Crippen LogP contribution in [0, 0.1) is 17.8 Å². The lowest BCUT2D eigenvalue weighted by molar-refractivity contribution is -0.253. The van der Waals surface area contributed by atoms with Crippen molar-refractivity contribution < 1.29 is 43.5 Å². The molecule has 0 bridgehead atoms. The van der Waals surface area contributed by atoms with Gasteiger partial charge >= 0.3 is 6.09 Å². The number of rotatable bonds is 23. The number of likely N-dealkylation sites (N-methyl/N-ethyl adjacent to an activating group) is 1. The smallest absolute Gasteiger partial charge is 0.410 e. The van der Waals surface area contributed by atoms with Crippen LogP contribution in [-0.4, -0.2) is 85.4 Å². The van der Waals surface area contributed by atoms with Gasteiger partial charge in [0.25, 0.3) is 0 Å². The third-order valence-electron chi connectivity index (χ3n) is 11.6. The van der Waals surface area contributed by atoms with Gasteiger partial charge in [-0.05, 0) is 72.4 Å². The molecule has 0 spiro atoms. The Hall–Kier alpha value is -4.94. The summed E-state index contributed by atoms with van der Waals surface area (Å²) in [7, 11) is 1.72. The number of carbonyl (C=O) groups excluding carboxylic acids is 1. The van der Waals surface area contributed by atoms with Crippen molar-refractivity contribution in [1.29, 1.82) is 0 Å². The Morgan fingerprint density at radius 3 is 2.29 bits per heavy atom. The lowest BCUT2D eigenvalue weighted by Crippen LogP contribution is -2.69. The summed E-state index contributed by atoms with van der Waals surface area (Å²) in [6.07, 6.45) is 10.1. The van der Waals surface area contributed by atoms with E-state index in [0.29, 0.717) is 43.3 Å². The van der Waals surface area contributed by atoms with Gasteiger partial charge in [-0.3, -0.25) is 0 Å². The second-order valence-corrected chi connectivity index (χ2v) is 15.4. The summed E-state index contributed by atoms with van der Waals surface area (Å²) in [6.45, 7) is 9.51. The molecule has 1 saturated carbocycles.